The first-order chi connectivity index (χ1) is 3.80. The predicted octanol–water partition coefficient (Wildman–Crippen LogP) is 1.65. The van der Waals surface area contributed by atoms with Crippen molar-refractivity contribution in [2.24, 2.45) is 5.73 Å². The van der Waals surface area contributed by atoms with E-state index in [1.807, 2.05) is 0 Å². The van der Waals surface area contributed by atoms with Crippen LogP contribution in [0.2, 0.25) is 0 Å². The highest BCUT2D eigenvalue weighted by atomic mass is 79.9. The Morgan fingerprint density at radius 1 is 1.25 bits per heavy atom. The molecule has 0 aliphatic heterocycles. The standard InChI is InChI=1S/C6H12BrN/c7-5-3-1-2-4-6(5)8/h5-6H,1-4,8H2/t5-,6-/m0/s1. The molecule has 1 rings (SSSR count). The lowest BCUT2D eigenvalue weighted by Crippen LogP contribution is -2.33. The summed E-state index contributed by atoms with van der Waals surface area (Å²) in [6.45, 7) is 0. The zero-order valence-corrected chi connectivity index (χ0v) is 6.52. The van der Waals surface area contributed by atoms with Gasteiger partial charge in [-0.25, -0.2) is 0 Å². The third-order valence-corrected chi connectivity index (χ3v) is 2.87. The molecule has 0 aromatic rings. The zero-order chi connectivity index (χ0) is 5.98. The van der Waals surface area contributed by atoms with E-state index in [-0.39, 0.29) is 0 Å². The van der Waals surface area contributed by atoms with Crippen molar-refractivity contribution >= 4 is 15.9 Å². The Balaban J connectivity index is 2.28. The summed E-state index contributed by atoms with van der Waals surface area (Å²) in [5.41, 5.74) is 5.73. The Kier molecular flexibility index (Phi) is 2.32. The second-order valence-corrected chi connectivity index (χ2v) is 3.64. The molecule has 1 saturated carbocycles. The van der Waals surface area contributed by atoms with Gasteiger partial charge in [0.2, 0.25) is 0 Å². The molecular formula is C6H12BrN. The summed E-state index contributed by atoms with van der Waals surface area (Å²) in [6, 6.07) is 0.420. The van der Waals surface area contributed by atoms with Crippen LogP contribution in [-0.4, -0.2) is 10.9 Å². The van der Waals surface area contributed by atoms with Crippen molar-refractivity contribution in [3.05, 3.63) is 0 Å². The van der Waals surface area contributed by atoms with Gasteiger partial charge in [-0.2, -0.15) is 0 Å². The van der Waals surface area contributed by atoms with E-state index in [1.165, 1.54) is 25.7 Å². The average molecular weight is 178 g/mol. The minimum atomic E-state index is 0.420. The summed E-state index contributed by atoms with van der Waals surface area (Å²) in [5, 5.41) is 0. The molecule has 0 radical (unpaired) electrons. The molecule has 0 amide bonds. The van der Waals surface area contributed by atoms with Crippen LogP contribution in [0.25, 0.3) is 0 Å². The quantitative estimate of drug-likeness (QED) is 0.560. The lowest BCUT2D eigenvalue weighted by atomic mass is 9.96. The Bertz CT molecular complexity index is 64.9. The molecule has 0 spiro atoms. The van der Waals surface area contributed by atoms with Gasteiger partial charge in [0, 0.05) is 10.9 Å². The van der Waals surface area contributed by atoms with Crippen molar-refractivity contribution in [1.82, 2.24) is 0 Å². The van der Waals surface area contributed by atoms with E-state index >= 15 is 0 Å². The van der Waals surface area contributed by atoms with Gasteiger partial charge in [0.05, 0.1) is 0 Å². The van der Waals surface area contributed by atoms with Crippen LogP contribution in [0.1, 0.15) is 25.7 Å². The SMILES string of the molecule is N[C@H]1CCCC[C@@H]1Br. The van der Waals surface area contributed by atoms with Crippen LogP contribution in [-0.2, 0) is 0 Å². The van der Waals surface area contributed by atoms with E-state index in [1.54, 1.807) is 0 Å². The van der Waals surface area contributed by atoms with Gasteiger partial charge < -0.3 is 5.73 Å². The number of hydrogen-bond acceptors (Lipinski definition) is 1. The van der Waals surface area contributed by atoms with Crippen LogP contribution in [0.3, 0.4) is 0 Å². The largest absolute Gasteiger partial charge is 0.327 e. The Morgan fingerprint density at radius 3 is 2.25 bits per heavy atom. The molecule has 1 nitrogen and oxygen atoms in total. The van der Waals surface area contributed by atoms with Crippen molar-refractivity contribution in [2.75, 3.05) is 0 Å². The highest BCUT2D eigenvalue weighted by Crippen LogP contribution is 2.22. The van der Waals surface area contributed by atoms with Crippen LogP contribution in [0.4, 0.5) is 0 Å². The van der Waals surface area contributed by atoms with Crippen LogP contribution >= 0.6 is 15.9 Å². The number of rotatable bonds is 0. The monoisotopic (exact) mass is 177 g/mol. The summed E-state index contributed by atoms with van der Waals surface area (Å²) in [7, 11) is 0. The second-order valence-electron chi connectivity index (χ2n) is 2.46. The normalized spacial score (nSPS) is 39.8. The first kappa shape index (κ1) is 6.56. The van der Waals surface area contributed by atoms with E-state index in [0.717, 1.165) is 0 Å². The molecule has 1 fully saturated rings. The van der Waals surface area contributed by atoms with Crippen molar-refractivity contribution in [2.45, 2.75) is 36.6 Å². The lowest BCUT2D eigenvalue weighted by Gasteiger charge is -2.22. The van der Waals surface area contributed by atoms with Gasteiger partial charge in [0.25, 0.3) is 0 Å². The minimum Gasteiger partial charge on any atom is -0.327 e. The molecule has 8 heavy (non-hydrogen) atoms. The predicted molar refractivity (Wildman–Crippen MR) is 39.2 cm³/mol. The van der Waals surface area contributed by atoms with Crippen LogP contribution in [0, 0.1) is 0 Å². The highest BCUT2D eigenvalue weighted by Gasteiger charge is 2.17. The Labute approximate surface area is 58.8 Å². The molecule has 1 aliphatic rings. The van der Waals surface area contributed by atoms with Crippen molar-refractivity contribution in [1.29, 1.82) is 0 Å². The van der Waals surface area contributed by atoms with Crippen molar-refractivity contribution < 1.29 is 0 Å². The smallest absolute Gasteiger partial charge is 0.0297 e. The first-order valence-corrected chi connectivity index (χ1v) is 4.12. The molecule has 0 heterocycles. The molecular weight excluding hydrogens is 166 g/mol. The van der Waals surface area contributed by atoms with Gasteiger partial charge in [0.1, 0.15) is 0 Å². The van der Waals surface area contributed by atoms with Gasteiger partial charge in [-0.1, -0.05) is 28.8 Å². The molecule has 0 aromatic heterocycles. The summed E-state index contributed by atoms with van der Waals surface area (Å²) in [5.74, 6) is 0. The van der Waals surface area contributed by atoms with Gasteiger partial charge in [0.15, 0.2) is 0 Å². The number of hydrogen-bond donors (Lipinski definition) is 1. The van der Waals surface area contributed by atoms with Crippen LogP contribution < -0.4 is 5.73 Å². The molecule has 48 valence electrons. The van der Waals surface area contributed by atoms with E-state index in [2.05, 4.69) is 15.9 Å². The number of halogens is 1. The molecule has 2 atom stereocenters. The summed E-state index contributed by atoms with van der Waals surface area (Å²) < 4.78 is 0. The number of nitrogens with two attached hydrogens (primary N) is 1. The average Bonchev–Trinajstić information content (AvgIpc) is 1.77. The molecule has 2 heteroatoms. The van der Waals surface area contributed by atoms with Crippen molar-refractivity contribution in [3.8, 4) is 0 Å². The van der Waals surface area contributed by atoms with Gasteiger partial charge in [-0.3, -0.25) is 0 Å². The van der Waals surface area contributed by atoms with Crippen LogP contribution in [0.5, 0.6) is 0 Å². The Hall–Kier alpha value is 0.440. The van der Waals surface area contributed by atoms with E-state index in [9.17, 15) is 0 Å². The second kappa shape index (κ2) is 2.83. The van der Waals surface area contributed by atoms with E-state index in [4.69, 9.17) is 5.73 Å². The topological polar surface area (TPSA) is 26.0 Å². The molecule has 0 aromatic carbocycles. The van der Waals surface area contributed by atoms with Crippen LogP contribution in [0.15, 0.2) is 0 Å². The fourth-order valence-electron chi connectivity index (χ4n) is 1.11. The first-order valence-electron chi connectivity index (χ1n) is 3.20. The van der Waals surface area contributed by atoms with Crippen molar-refractivity contribution in [3.63, 3.8) is 0 Å². The van der Waals surface area contributed by atoms with Gasteiger partial charge >= 0.3 is 0 Å². The summed E-state index contributed by atoms with van der Waals surface area (Å²) in [6.07, 6.45) is 5.14. The van der Waals surface area contributed by atoms with Gasteiger partial charge in [-0.05, 0) is 12.8 Å². The molecule has 2 N–H and O–H groups in total. The molecule has 0 saturated heterocycles. The molecule has 0 unspecified atom stereocenters. The summed E-state index contributed by atoms with van der Waals surface area (Å²) in [4.78, 5) is 0.594. The third-order valence-electron chi connectivity index (χ3n) is 1.73. The maximum absolute atomic E-state index is 5.73. The van der Waals surface area contributed by atoms with E-state index < -0.39 is 0 Å². The lowest BCUT2D eigenvalue weighted by molar-refractivity contribution is 0.458. The maximum Gasteiger partial charge on any atom is 0.0297 e. The highest BCUT2D eigenvalue weighted by molar-refractivity contribution is 9.09. The summed E-state index contributed by atoms with van der Waals surface area (Å²) >= 11 is 3.53. The third kappa shape index (κ3) is 1.46. The maximum atomic E-state index is 5.73. The van der Waals surface area contributed by atoms with E-state index in [0.29, 0.717) is 10.9 Å². The minimum absolute atomic E-state index is 0.420. The zero-order valence-electron chi connectivity index (χ0n) is 4.94. The Morgan fingerprint density at radius 2 is 1.88 bits per heavy atom. The fraction of sp³-hybridized carbons (Fsp3) is 1.00. The van der Waals surface area contributed by atoms with Gasteiger partial charge in [-0.15, -0.1) is 0 Å². The molecule has 1 aliphatic carbocycles. The fourth-order valence-corrected chi connectivity index (χ4v) is 1.70. The number of alkyl halides is 1. The molecule has 0 bridgehead atoms.